The van der Waals surface area contributed by atoms with Crippen molar-refractivity contribution in [1.29, 1.82) is 0 Å². The number of benzene rings is 2. The van der Waals surface area contributed by atoms with Gasteiger partial charge in [-0.15, -0.1) is 0 Å². The average molecular weight is 329 g/mol. The zero-order chi connectivity index (χ0) is 17.1. The molecular weight excluding hydrogens is 312 g/mol. The van der Waals surface area contributed by atoms with Crippen molar-refractivity contribution in [2.45, 2.75) is 19.3 Å². The molecule has 0 atom stereocenters. The second-order valence-corrected chi connectivity index (χ2v) is 5.73. The number of halogens is 2. The van der Waals surface area contributed by atoms with E-state index in [1.54, 1.807) is 12.1 Å². The Bertz CT molecular complexity index is 798. The molecule has 1 amide bonds. The minimum Gasteiger partial charge on any atom is -0.392 e. The Hall–Kier alpha value is -2.53. The van der Waals surface area contributed by atoms with Crippen LogP contribution in [0.2, 0.25) is 0 Å². The topological polar surface area (TPSA) is 49.3 Å². The molecule has 2 aromatic rings. The van der Waals surface area contributed by atoms with E-state index in [0.29, 0.717) is 5.69 Å². The summed E-state index contributed by atoms with van der Waals surface area (Å²) in [4.78, 5) is 12.1. The van der Waals surface area contributed by atoms with Crippen molar-refractivity contribution in [3.8, 4) is 0 Å². The number of allylic oxidation sites excluding steroid dienone is 1. The van der Waals surface area contributed by atoms with Crippen LogP contribution < -0.4 is 5.32 Å². The van der Waals surface area contributed by atoms with E-state index >= 15 is 0 Å². The summed E-state index contributed by atoms with van der Waals surface area (Å²) in [5.74, 6) is -2.91. The van der Waals surface area contributed by atoms with E-state index in [1.165, 1.54) is 12.1 Å². The molecule has 124 valence electrons. The maximum Gasteiger partial charge on any atom is 0.258 e. The number of carbonyl (C=O) groups excluding carboxylic acids is 1. The zero-order valence-corrected chi connectivity index (χ0v) is 13.0. The normalized spacial score (nSPS) is 14.1. The van der Waals surface area contributed by atoms with Crippen LogP contribution in [0.5, 0.6) is 0 Å². The number of nitrogens with one attached hydrogen (secondary N) is 1. The molecule has 0 saturated heterocycles. The molecular formula is C19H17F2NO2. The largest absolute Gasteiger partial charge is 0.392 e. The van der Waals surface area contributed by atoms with Crippen LogP contribution in [0.3, 0.4) is 0 Å². The number of aliphatic hydroxyl groups excluding tert-OH is 1. The first-order chi connectivity index (χ1) is 11.6. The van der Waals surface area contributed by atoms with E-state index in [0.717, 1.165) is 42.0 Å². The smallest absolute Gasteiger partial charge is 0.258 e. The number of anilines is 1. The summed E-state index contributed by atoms with van der Waals surface area (Å²) in [5.41, 5.74) is 3.36. The van der Waals surface area contributed by atoms with Crippen molar-refractivity contribution in [3.63, 3.8) is 0 Å². The number of hydrogen-bond acceptors (Lipinski definition) is 2. The summed E-state index contributed by atoms with van der Waals surface area (Å²) in [7, 11) is 0. The molecule has 1 aliphatic carbocycles. The van der Waals surface area contributed by atoms with Crippen LogP contribution in [0, 0.1) is 11.6 Å². The molecule has 24 heavy (non-hydrogen) atoms. The molecule has 0 spiro atoms. The quantitative estimate of drug-likeness (QED) is 0.885. The van der Waals surface area contributed by atoms with Gasteiger partial charge in [0.05, 0.1) is 12.2 Å². The SMILES string of the molecule is O=C(Nc1ccc(C2=C(CO)CCC2)cc1)c1cccc(F)c1F. The summed E-state index contributed by atoms with van der Waals surface area (Å²) in [5, 5.41) is 11.9. The van der Waals surface area contributed by atoms with Gasteiger partial charge in [0.15, 0.2) is 11.6 Å². The lowest BCUT2D eigenvalue weighted by Gasteiger charge is -2.09. The Balaban J connectivity index is 1.77. The fraction of sp³-hybridized carbons (Fsp3) is 0.211. The van der Waals surface area contributed by atoms with E-state index in [9.17, 15) is 18.7 Å². The number of hydrogen-bond donors (Lipinski definition) is 2. The summed E-state index contributed by atoms with van der Waals surface area (Å²) < 4.78 is 26.8. The van der Waals surface area contributed by atoms with Crippen molar-refractivity contribution in [3.05, 3.63) is 70.8 Å². The predicted molar refractivity (Wildman–Crippen MR) is 88.6 cm³/mol. The van der Waals surface area contributed by atoms with Crippen LogP contribution >= 0.6 is 0 Å². The van der Waals surface area contributed by atoms with Crippen molar-refractivity contribution in [2.75, 3.05) is 11.9 Å². The molecule has 0 heterocycles. The molecule has 0 aliphatic heterocycles. The Kier molecular flexibility index (Phi) is 4.71. The Morgan fingerprint density at radius 3 is 2.54 bits per heavy atom. The van der Waals surface area contributed by atoms with Crippen LogP contribution in [0.25, 0.3) is 5.57 Å². The van der Waals surface area contributed by atoms with Gasteiger partial charge in [0, 0.05) is 5.69 Å². The van der Waals surface area contributed by atoms with Gasteiger partial charge in [-0.1, -0.05) is 18.2 Å². The third-order valence-corrected chi connectivity index (χ3v) is 4.21. The van der Waals surface area contributed by atoms with E-state index < -0.39 is 17.5 Å². The third-order valence-electron chi connectivity index (χ3n) is 4.21. The van der Waals surface area contributed by atoms with Gasteiger partial charge in [-0.05, 0) is 60.2 Å². The van der Waals surface area contributed by atoms with Crippen molar-refractivity contribution >= 4 is 17.2 Å². The Labute approximate surface area is 138 Å². The predicted octanol–water partition coefficient (Wildman–Crippen LogP) is 4.15. The lowest BCUT2D eigenvalue weighted by Crippen LogP contribution is -2.14. The maximum absolute atomic E-state index is 13.6. The molecule has 2 aromatic carbocycles. The van der Waals surface area contributed by atoms with Gasteiger partial charge in [0.1, 0.15) is 0 Å². The van der Waals surface area contributed by atoms with E-state index in [-0.39, 0.29) is 12.2 Å². The highest BCUT2D eigenvalue weighted by Gasteiger charge is 2.17. The highest BCUT2D eigenvalue weighted by Crippen LogP contribution is 2.33. The number of carbonyl (C=O) groups is 1. The molecule has 3 rings (SSSR count). The van der Waals surface area contributed by atoms with Crippen LogP contribution in [-0.2, 0) is 0 Å². The number of rotatable bonds is 4. The minimum atomic E-state index is -1.16. The van der Waals surface area contributed by atoms with Gasteiger partial charge in [-0.2, -0.15) is 0 Å². The zero-order valence-electron chi connectivity index (χ0n) is 13.0. The maximum atomic E-state index is 13.6. The van der Waals surface area contributed by atoms with Gasteiger partial charge in [-0.25, -0.2) is 8.78 Å². The molecule has 0 unspecified atom stereocenters. The Morgan fingerprint density at radius 1 is 1.08 bits per heavy atom. The lowest BCUT2D eigenvalue weighted by molar-refractivity contribution is 0.102. The number of amides is 1. The summed E-state index contributed by atoms with van der Waals surface area (Å²) in [6.45, 7) is 0.0622. The monoisotopic (exact) mass is 329 g/mol. The van der Waals surface area contributed by atoms with Gasteiger partial charge in [-0.3, -0.25) is 4.79 Å². The van der Waals surface area contributed by atoms with Gasteiger partial charge in [0.2, 0.25) is 0 Å². The van der Waals surface area contributed by atoms with Crippen LogP contribution in [0.1, 0.15) is 35.2 Å². The first-order valence-electron chi connectivity index (χ1n) is 7.77. The average Bonchev–Trinajstić information content (AvgIpc) is 3.06. The Morgan fingerprint density at radius 2 is 1.83 bits per heavy atom. The van der Waals surface area contributed by atoms with Crippen LogP contribution in [0.15, 0.2) is 48.0 Å². The molecule has 1 aliphatic rings. The first kappa shape index (κ1) is 16.3. The molecule has 5 heteroatoms. The molecule has 2 N–H and O–H groups in total. The summed E-state index contributed by atoms with van der Waals surface area (Å²) >= 11 is 0. The summed E-state index contributed by atoms with van der Waals surface area (Å²) in [6, 6.07) is 10.6. The fourth-order valence-corrected chi connectivity index (χ4v) is 2.96. The molecule has 3 nitrogen and oxygen atoms in total. The molecule has 0 bridgehead atoms. The second-order valence-electron chi connectivity index (χ2n) is 5.73. The van der Waals surface area contributed by atoms with Gasteiger partial charge < -0.3 is 10.4 Å². The van der Waals surface area contributed by atoms with E-state index in [4.69, 9.17) is 0 Å². The highest BCUT2D eigenvalue weighted by molar-refractivity contribution is 6.04. The molecule has 0 saturated carbocycles. The fourth-order valence-electron chi connectivity index (χ4n) is 2.96. The molecule has 0 aromatic heterocycles. The second kappa shape index (κ2) is 6.93. The van der Waals surface area contributed by atoms with Gasteiger partial charge >= 0.3 is 0 Å². The minimum absolute atomic E-state index is 0.0622. The molecule has 0 radical (unpaired) electrons. The summed E-state index contributed by atoms with van der Waals surface area (Å²) in [6.07, 6.45) is 2.86. The highest BCUT2D eigenvalue weighted by atomic mass is 19.2. The van der Waals surface area contributed by atoms with Gasteiger partial charge in [0.25, 0.3) is 5.91 Å². The first-order valence-corrected chi connectivity index (χ1v) is 7.77. The van der Waals surface area contributed by atoms with Crippen LogP contribution in [0.4, 0.5) is 14.5 Å². The lowest BCUT2D eigenvalue weighted by atomic mass is 10.0. The van der Waals surface area contributed by atoms with Crippen molar-refractivity contribution in [2.24, 2.45) is 0 Å². The number of aliphatic hydroxyl groups is 1. The van der Waals surface area contributed by atoms with Crippen molar-refractivity contribution in [1.82, 2.24) is 0 Å². The van der Waals surface area contributed by atoms with Crippen molar-refractivity contribution < 1.29 is 18.7 Å². The van der Waals surface area contributed by atoms with Crippen LogP contribution in [-0.4, -0.2) is 17.6 Å². The van der Waals surface area contributed by atoms with E-state index in [1.807, 2.05) is 12.1 Å². The van der Waals surface area contributed by atoms with E-state index in [2.05, 4.69) is 5.32 Å². The molecule has 0 fully saturated rings. The standard InChI is InChI=1S/C19H17F2NO2/c20-17-6-2-5-16(18(17)21)19(24)22-14-9-7-12(8-10-14)15-4-1-3-13(15)11-23/h2,5-10,23H,1,3-4,11H2,(H,22,24). The third kappa shape index (κ3) is 3.21.